The van der Waals surface area contributed by atoms with Gasteiger partial charge in [0.15, 0.2) is 5.17 Å². The molecule has 2 aromatic carbocycles. The molecule has 2 aliphatic heterocycles. The summed E-state index contributed by atoms with van der Waals surface area (Å²) in [6.45, 7) is 6.25. The normalized spacial score (nSPS) is 18.0. The number of hydrogen-bond acceptors (Lipinski definition) is 5. The summed E-state index contributed by atoms with van der Waals surface area (Å²) in [5.41, 5.74) is 0.754. The molecule has 9 heteroatoms. The predicted molar refractivity (Wildman–Crippen MR) is 125 cm³/mol. The van der Waals surface area contributed by atoms with Crippen molar-refractivity contribution in [2.75, 3.05) is 37.7 Å². The molecule has 5 nitrogen and oxygen atoms in total. The van der Waals surface area contributed by atoms with E-state index in [2.05, 4.69) is 11.6 Å². The fourth-order valence-electron chi connectivity index (χ4n) is 3.53. The van der Waals surface area contributed by atoms with Crippen molar-refractivity contribution in [1.82, 2.24) is 4.90 Å². The zero-order chi connectivity index (χ0) is 23.4. The molecule has 0 saturated carbocycles. The summed E-state index contributed by atoms with van der Waals surface area (Å²) < 4.78 is 44.5. The van der Waals surface area contributed by atoms with Gasteiger partial charge in [-0.2, -0.15) is 18.2 Å². The van der Waals surface area contributed by atoms with Gasteiger partial charge >= 0.3 is 6.18 Å². The zero-order valence-electron chi connectivity index (χ0n) is 17.7. The number of halogens is 3. The van der Waals surface area contributed by atoms with Crippen molar-refractivity contribution in [3.05, 3.63) is 77.2 Å². The fraction of sp³-hybridized carbons (Fsp3) is 0.250. The van der Waals surface area contributed by atoms with Gasteiger partial charge in [0.25, 0.3) is 5.91 Å². The maximum Gasteiger partial charge on any atom is 0.416 e. The summed E-state index contributed by atoms with van der Waals surface area (Å²) in [5, 5.41) is 0.626. The van der Waals surface area contributed by atoms with Crippen LogP contribution in [0.5, 0.6) is 5.75 Å². The van der Waals surface area contributed by atoms with E-state index in [9.17, 15) is 18.0 Å². The average Bonchev–Trinajstić information content (AvgIpc) is 3.18. The number of aliphatic imine (C=N–C) groups is 1. The molecular weight excluding hydrogens is 451 g/mol. The van der Waals surface area contributed by atoms with E-state index >= 15 is 0 Å². The second-order valence-electron chi connectivity index (χ2n) is 7.50. The van der Waals surface area contributed by atoms with E-state index in [0.29, 0.717) is 48.5 Å². The maximum atomic E-state index is 13.0. The van der Waals surface area contributed by atoms with E-state index in [1.807, 2.05) is 34.1 Å². The van der Waals surface area contributed by atoms with Gasteiger partial charge in [0, 0.05) is 31.9 Å². The number of carbonyl (C=O) groups excluding carboxylic acids is 1. The number of amides is 1. The van der Waals surface area contributed by atoms with Gasteiger partial charge in [-0.25, -0.2) is 0 Å². The molecule has 1 amide bonds. The SMILES string of the molecule is C=CCOc1ccc(/C=C2/SC(N3CCN(c4cccc(C(F)(F)F)c4)CC3)=NC2=O)cc1. The molecule has 0 radical (unpaired) electrons. The van der Waals surface area contributed by atoms with Gasteiger partial charge in [0.1, 0.15) is 12.4 Å². The highest BCUT2D eigenvalue weighted by atomic mass is 32.2. The van der Waals surface area contributed by atoms with Crippen LogP contribution in [0.1, 0.15) is 11.1 Å². The van der Waals surface area contributed by atoms with Crippen LogP contribution in [0.25, 0.3) is 6.08 Å². The number of thioether (sulfide) groups is 1. The highest BCUT2D eigenvalue weighted by molar-refractivity contribution is 8.18. The van der Waals surface area contributed by atoms with E-state index in [1.54, 1.807) is 18.2 Å². The van der Waals surface area contributed by atoms with Gasteiger partial charge < -0.3 is 14.5 Å². The van der Waals surface area contributed by atoms with Crippen LogP contribution in [0.4, 0.5) is 18.9 Å². The van der Waals surface area contributed by atoms with Crippen LogP contribution in [0.15, 0.2) is 71.1 Å². The molecule has 2 aliphatic rings. The van der Waals surface area contributed by atoms with E-state index in [0.717, 1.165) is 17.4 Å². The van der Waals surface area contributed by atoms with E-state index in [1.165, 1.54) is 23.9 Å². The van der Waals surface area contributed by atoms with Crippen LogP contribution in [0.3, 0.4) is 0 Å². The molecule has 0 spiro atoms. The van der Waals surface area contributed by atoms with Crippen LogP contribution in [0, 0.1) is 0 Å². The third-order valence-electron chi connectivity index (χ3n) is 5.24. The Kier molecular flexibility index (Phi) is 6.78. The molecule has 0 N–H and O–H groups in total. The van der Waals surface area contributed by atoms with E-state index in [-0.39, 0.29) is 5.91 Å². The Labute approximate surface area is 194 Å². The Morgan fingerprint density at radius 2 is 1.76 bits per heavy atom. The van der Waals surface area contributed by atoms with E-state index < -0.39 is 11.7 Å². The molecule has 33 heavy (non-hydrogen) atoms. The summed E-state index contributed by atoms with van der Waals surface area (Å²) in [4.78, 5) is 21.0. The van der Waals surface area contributed by atoms with Crippen molar-refractivity contribution in [3.8, 4) is 5.75 Å². The van der Waals surface area contributed by atoms with Gasteiger partial charge in [0.2, 0.25) is 0 Å². The Bertz CT molecular complexity index is 1090. The first-order chi connectivity index (χ1) is 15.8. The Morgan fingerprint density at radius 3 is 2.42 bits per heavy atom. The number of hydrogen-bond donors (Lipinski definition) is 0. The van der Waals surface area contributed by atoms with Crippen molar-refractivity contribution >= 4 is 34.6 Å². The predicted octanol–water partition coefficient (Wildman–Crippen LogP) is 5.06. The summed E-state index contributed by atoms with van der Waals surface area (Å²) >= 11 is 1.32. The molecular formula is C24H22F3N3O2S. The van der Waals surface area contributed by atoms with Gasteiger partial charge in [0.05, 0.1) is 10.5 Å². The highest BCUT2D eigenvalue weighted by Crippen LogP contribution is 2.33. The number of piperazine rings is 1. The van der Waals surface area contributed by atoms with Gasteiger partial charge in [-0.3, -0.25) is 4.79 Å². The summed E-state index contributed by atoms with van der Waals surface area (Å²) in [7, 11) is 0. The van der Waals surface area contributed by atoms with Crippen LogP contribution in [-0.4, -0.2) is 48.8 Å². The van der Waals surface area contributed by atoms with Gasteiger partial charge in [-0.15, -0.1) is 0 Å². The van der Waals surface area contributed by atoms with Crippen LogP contribution in [-0.2, 0) is 11.0 Å². The smallest absolute Gasteiger partial charge is 0.416 e. The summed E-state index contributed by atoms with van der Waals surface area (Å²) in [6, 6.07) is 12.8. The topological polar surface area (TPSA) is 45.1 Å². The van der Waals surface area contributed by atoms with Crippen LogP contribution >= 0.6 is 11.8 Å². The molecule has 0 aliphatic carbocycles. The molecule has 1 saturated heterocycles. The van der Waals surface area contributed by atoms with Crippen molar-refractivity contribution in [3.63, 3.8) is 0 Å². The standard InChI is InChI=1S/C24H22F3N3O2S/c1-2-14-32-20-8-6-17(7-9-20)15-21-22(31)28-23(33-21)30-12-10-29(11-13-30)19-5-3-4-18(16-19)24(25,26)27/h2-9,15-16H,1,10-14H2/b21-15+. The molecule has 4 rings (SSSR count). The summed E-state index contributed by atoms with van der Waals surface area (Å²) in [6.07, 6.45) is -0.906. The average molecular weight is 474 g/mol. The molecule has 172 valence electrons. The lowest BCUT2D eigenvalue weighted by atomic mass is 10.1. The second-order valence-corrected chi connectivity index (χ2v) is 8.51. The molecule has 0 bridgehead atoms. The van der Waals surface area contributed by atoms with Crippen LogP contribution in [0.2, 0.25) is 0 Å². The minimum Gasteiger partial charge on any atom is -0.490 e. The number of rotatable bonds is 5. The van der Waals surface area contributed by atoms with Crippen molar-refractivity contribution < 1.29 is 22.7 Å². The molecule has 2 aromatic rings. The zero-order valence-corrected chi connectivity index (χ0v) is 18.5. The molecule has 0 unspecified atom stereocenters. The Hall–Kier alpha value is -3.20. The first-order valence-corrected chi connectivity index (χ1v) is 11.2. The Morgan fingerprint density at radius 1 is 1.06 bits per heavy atom. The molecule has 0 atom stereocenters. The number of carbonyl (C=O) groups is 1. The second kappa shape index (κ2) is 9.74. The van der Waals surface area contributed by atoms with Gasteiger partial charge in [-0.05, 0) is 53.7 Å². The lowest BCUT2D eigenvalue weighted by molar-refractivity contribution is -0.137. The molecule has 0 aromatic heterocycles. The molecule has 2 heterocycles. The lowest BCUT2D eigenvalue weighted by Crippen LogP contribution is -2.47. The third kappa shape index (κ3) is 5.60. The van der Waals surface area contributed by atoms with Gasteiger partial charge in [-0.1, -0.05) is 30.9 Å². The number of alkyl halides is 3. The maximum absolute atomic E-state index is 13.0. The van der Waals surface area contributed by atoms with Crippen molar-refractivity contribution in [2.24, 2.45) is 4.99 Å². The monoisotopic (exact) mass is 473 g/mol. The number of ether oxygens (including phenoxy) is 1. The number of nitrogens with zero attached hydrogens (tertiary/aromatic N) is 3. The number of benzene rings is 2. The molecule has 1 fully saturated rings. The fourth-order valence-corrected chi connectivity index (χ4v) is 4.50. The Balaban J connectivity index is 1.36. The summed E-state index contributed by atoms with van der Waals surface area (Å²) in [5.74, 6) is 0.431. The number of amidine groups is 1. The minimum absolute atomic E-state index is 0.290. The van der Waals surface area contributed by atoms with Crippen molar-refractivity contribution in [2.45, 2.75) is 6.18 Å². The highest BCUT2D eigenvalue weighted by Gasteiger charge is 2.32. The van der Waals surface area contributed by atoms with E-state index in [4.69, 9.17) is 4.74 Å². The first-order valence-electron chi connectivity index (χ1n) is 10.4. The largest absolute Gasteiger partial charge is 0.490 e. The lowest BCUT2D eigenvalue weighted by Gasteiger charge is -2.36. The minimum atomic E-state index is -4.37. The number of anilines is 1. The quantitative estimate of drug-likeness (QED) is 0.449. The first kappa shape index (κ1) is 23.0. The van der Waals surface area contributed by atoms with Crippen molar-refractivity contribution in [1.29, 1.82) is 0 Å². The van der Waals surface area contributed by atoms with Crippen LogP contribution < -0.4 is 9.64 Å². The third-order valence-corrected chi connectivity index (χ3v) is 6.29.